The Morgan fingerprint density at radius 1 is 1.29 bits per heavy atom. The molecule has 0 aliphatic heterocycles. The number of hydrogen-bond acceptors (Lipinski definition) is 3. The van der Waals surface area contributed by atoms with Crippen LogP contribution in [0.15, 0.2) is 0 Å². The van der Waals surface area contributed by atoms with E-state index in [9.17, 15) is 5.11 Å². The van der Waals surface area contributed by atoms with E-state index in [-0.39, 0.29) is 6.61 Å². The highest BCUT2D eigenvalue weighted by atomic mass is 16.3. The number of hydrogen-bond donors (Lipinski definition) is 3. The Bertz CT molecular complexity index is 152. The molecular weight excluding hydrogens is 178 g/mol. The number of nitrogens with one attached hydrogen (secondary N) is 1. The van der Waals surface area contributed by atoms with Crippen LogP contribution in [0.5, 0.6) is 0 Å². The average Bonchev–Trinajstić information content (AvgIpc) is 2.26. The summed E-state index contributed by atoms with van der Waals surface area (Å²) < 4.78 is 0. The molecule has 3 unspecified atom stereocenters. The van der Waals surface area contributed by atoms with Crippen LogP contribution < -0.4 is 5.32 Å². The van der Waals surface area contributed by atoms with Gasteiger partial charge in [-0.25, -0.2) is 0 Å². The minimum absolute atomic E-state index is 0.240. The molecule has 0 spiro atoms. The molecule has 84 valence electrons. The minimum Gasteiger partial charge on any atom is -0.396 e. The minimum atomic E-state index is 0.240. The Morgan fingerprint density at radius 3 is 2.64 bits per heavy atom. The van der Waals surface area contributed by atoms with Gasteiger partial charge in [0.2, 0.25) is 0 Å². The summed E-state index contributed by atoms with van der Waals surface area (Å²) in [6, 6.07) is 0.461. The first-order chi connectivity index (χ1) is 6.77. The molecule has 3 nitrogen and oxygen atoms in total. The van der Waals surface area contributed by atoms with E-state index in [0.29, 0.717) is 24.5 Å². The van der Waals surface area contributed by atoms with Gasteiger partial charge in [-0.2, -0.15) is 0 Å². The van der Waals surface area contributed by atoms with Crippen molar-refractivity contribution in [2.45, 2.75) is 38.6 Å². The maximum absolute atomic E-state index is 9.19. The second-order valence-electron chi connectivity index (χ2n) is 4.53. The molecule has 1 aliphatic rings. The highest BCUT2D eigenvalue weighted by Crippen LogP contribution is 2.23. The van der Waals surface area contributed by atoms with Crippen molar-refractivity contribution < 1.29 is 10.2 Å². The van der Waals surface area contributed by atoms with E-state index >= 15 is 0 Å². The fourth-order valence-corrected chi connectivity index (χ4v) is 2.11. The van der Waals surface area contributed by atoms with Crippen molar-refractivity contribution >= 4 is 0 Å². The summed E-state index contributed by atoms with van der Waals surface area (Å²) in [6.45, 7) is 3.43. The smallest absolute Gasteiger partial charge is 0.0474 e. The third-order valence-corrected chi connectivity index (χ3v) is 3.18. The highest BCUT2D eigenvalue weighted by Gasteiger charge is 2.23. The van der Waals surface area contributed by atoms with E-state index < -0.39 is 0 Å². The predicted octanol–water partition coefficient (Wildman–Crippen LogP) is 0.755. The SMILES string of the molecule is CC(CO)CNC1CCCCC1CO. The Morgan fingerprint density at radius 2 is 2.00 bits per heavy atom. The van der Waals surface area contributed by atoms with Crippen LogP contribution in [0.1, 0.15) is 32.6 Å². The third kappa shape index (κ3) is 3.56. The molecule has 0 saturated heterocycles. The summed E-state index contributed by atoms with van der Waals surface area (Å²) in [6.07, 6.45) is 4.83. The lowest BCUT2D eigenvalue weighted by atomic mass is 9.85. The molecule has 0 bridgehead atoms. The Labute approximate surface area is 86.5 Å². The van der Waals surface area contributed by atoms with Gasteiger partial charge in [-0.1, -0.05) is 19.8 Å². The van der Waals surface area contributed by atoms with Crippen LogP contribution in [0, 0.1) is 11.8 Å². The van der Waals surface area contributed by atoms with Crippen LogP contribution in [-0.2, 0) is 0 Å². The zero-order valence-electron chi connectivity index (χ0n) is 9.08. The molecule has 14 heavy (non-hydrogen) atoms. The van der Waals surface area contributed by atoms with Crippen LogP contribution in [0.2, 0.25) is 0 Å². The van der Waals surface area contributed by atoms with Crippen LogP contribution >= 0.6 is 0 Å². The van der Waals surface area contributed by atoms with Gasteiger partial charge in [-0.15, -0.1) is 0 Å². The normalized spacial score (nSPS) is 30.2. The summed E-state index contributed by atoms with van der Waals surface area (Å²) >= 11 is 0. The van der Waals surface area contributed by atoms with E-state index in [2.05, 4.69) is 5.32 Å². The molecule has 3 heteroatoms. The fraction of sp³-hybridized carbons (Fsp3) is 1.00. The molecule has 1 aliphatic carbocycles. The van der Waals surface area contributed by atoms with Gasteiger partial charge in [0.1, 0.15) is 0 Å². The van der Waals surface area contributed by atoms with Crippen LogP contribution in [-0.4, -0.2) is 36.0 Å². The van der Waals surface area contributed by atoms with E-state index in [1.807, 2.05) is 6.92 Å². The number of aliphatic hydroxyl groups excluding tert-OH is 2. The lowest BCUT2D eigenvalue weighted by Crippen LogP contribution is -2.42. The fourth-order valence-electron chi connectivity index (χ4n) is 2.11. The second kappa shape index (κ2) is 6.38. The third-order valence-electron chi connectivity index (χ3n) is 3.18. The maximum atomic E-state index is 9.19. The van der Waals surface area contributed by atoms with Crippen molar-refractivity contribution in [3.8, 4) is 0 Å². The molecule has 0 heterocycles. The monoisotopic (exact) mass is 201 g/mol. The summed E-state index contributed by atoms with van der Waals surface area (Å²) in [5, 5.41) is 21.5. The molecule has 0 aromatic heterocycles. The summed E-state index contributed by atoms with van der Waals surface area (Å²) in [5.74, 6) is 0.742. The molecule has 0 aromatic rings. The van der Waals surface area contributed by atoms with Gasteiger partial charge in [0.25, 0.3) is 0 Å². The predicted molar refractivity (Wildman–Crippen MR) is 57.1 cm³/mol. The van der Waals surface area contributed by atoms with E-state index in [4.69, 9.17) is 5.11 Å². The molecule has 1 rings (SSSR count). The summed E-state index contributed by atoms with van der Waals surface area (Å²) in [4.78, 5) is 0. The molecule has 0 amide bonds. The maximum Gasteiger partial charge on any atom is 0.0474 e. The van der Waals surface area contributed by atoms with Crippen molar-refractivity contribution in [3.05, 3.63) is 0 Å². The van der Waals surface area contributed by atoms with E-state index in [1.165, 1.54) is 19.3 Å². The zero-order valence-corrected chi connectivity index (χ0v) is 9.08. The molecule has 1 saturated carbocycles. The summed E-state index contributed by atoms with van der Waals surface area (Å²) in [5.41, 5.74) is 0. The topological polar surface area (TPSA) is 52.5 Å². The van der Waals surface area contributed by atoms with Crippen LogP contribution in [0.3, 0.4) is 0 Å². The quantitative estimate of drug-likeness (QED) is 0.615. The Balaban J connectivity index is 2.26. The van der Waals surface area contributed by atoms with Gasteiger partial charge in [-0.3, -0.25) is 0 Å². The standard InChI is InChI=1S/C11H23NO2/c1-9(7-13)6-12-11-5-3-2-4-10(11)8-14/h9-14H,2-8H2,1H3. The molecule has 3 N–H and O–H groups in total. The average molecular weight is 201 g/mol. The molecular formula is C11H23NO2. The Hall–Kier alpha value is -0.120. The van der Waals surface area contributed by atoms with Gasteiger partial charge in [0.15, 0.2) is 0 Å². The molecule has 1 fully saturated rings. The Kier molecular flexibility index (Phi) is 5.45. The first kappa shape index (κ1) is 12.0. The first-order valence-electron chi connectivity index (χ1n) is 5.73. The van der Waals surface area contributed by atoms with Crippen molar-refractivity contribution in [2.24, 2.45) is 11.8 Å². The number of aliphatic hydroxyl groups is 2. The van der Waals surface area contributed by atoms with Crippen LogP contribution in [0.4, 0.5) is 0 Å². The first-order valence-corrected chi connectivity index (χ1v) is 5.73. The second-order valence-corrected chi connectivity index (χ2v) is 4.53. The van der Waals surface area contributed by atoms with E-state index in [0.717, 1.165) is 13.0 Å². The van der Waals surface area contributed by atoms with Crippen molar-refractivity contribution in [1.82, 2.24) is 5.32 Å². The molecule has 0 aromatic carbocycles. The molecule has 3 atom stereocenters. The lowest BCUT2D eigenvalue weighted by molar-refractivity contribution is 0.145. The van der Waals surface area contributed by atoms with Gasteiger partial charge >= 0.3 is 0 Å². The van der Waals surface area contributed by atoms with Gasteiger partial charge in [0, 0.05) is 25.8 Å². The van der Waals surface area contributed by atoms with Gasteiger partial charge < -0.3 is 15.5 Å². The number of rotatable bonds is 5. The van der Waals surface area contributed by atoms with Gasteiger partial charge in [0.05, 0.1) is 0 Å². The van der Waals surface area contributed by atoms with Crippen molar-refractivity contribution in [2.75, 3.05) is 19.8 Å². The van der Waals surface area contributed by atoms with E-state index in [1.54, 1.807) is 0 Å². The van der Waals surface area contributed by atoms with Gasteiger partial charge in [-0.05, 0) is 24.7 Å². The highest BCUT2D eigenvalue weighted by molar-refractivity contribution is 4.80. The lowest BCUT2D eigenvalue weighted by Gasteiger charge is -2.31. The van der Waals surface area contributed by atoms with Crippen LogP contribution in [0.25, 0.3) is 0 Å². The largest absolute Gasteiger partial charge is 0.396 e. The zero-order chi connectivity index (χ0) is 10.4. The van der Waals surface area contributed by atoms with Crippen molar-refractivity contribution in [1.29, 1.82) is 0 Å². The molecule has 0 radical (unpaired) electrons. The summed E-state index contributed by atoms with van der Waals surface area (Å²) in [7, 11) is 0. The van der Waals surface area contributed by atoms with Crippen molar-refractivity contribution in [3.63, 3.8) is 0 Å².